The summed E-state index contributed by atoms with van der Waals surface area (Å²) in [5.74, 6) is -0.352. The third-order valence-corrected chi connectivity index (χ3v) is 6.43. The van der Waals surface area contributed by atoms with E-state index in [1.807, 2.05) is 24.3 Å². The number of halogens is 2. The molecule has 0 aliphatic carbocycles. The van der Waals surface area contributed by atoms with E-state index in [-0.39, 0.29) is 11.5 Å². The van der Waals surface area contributed by atoms with Crippen LogP contribution in [0.3, 0.4) is 0 Å². The molecule has 0 amide bonds. The molecule has 1 fully saturated rings. The first kappa shape index (κ1) is 24.5. The quantitative estimate of drug-likeness (QED) is 0.344. The summed E-state index contributed by atoms with van der Waals surface area (Å²) in [5.41, 5.74) is 3.85. The van der Waals surface area contributed by atoms with Gasteiger partial charge in [-0.15, -0.1) is 0 Å². The van der Waals surface area contributed by atoms with Crippen LogP contribution < -0.4 is 0 Å². The van der Waals surface area contributed by atoms with Gasteiger partial charge in [-0.05, 0) is 53.4 Å². The van der Waals surface area contributed by atoms with E-state index in [1.165, 1.54) is 12.1 Å². The van der Waals surface area contributed by atoms with Crippen LogP contribution in [0.5, 0.6) is 0 Å². The molecule has 5 atom stereocenters. The zero-order chi connectivity index (χ0) is 24.4. The van der Waals surface area contributed by atoms with Gasteiger partial charge in [0.25, 0.3) is 0 Å². The summed E-state index contributed by atoms with van der Waals surface area (Å²) in [6, 6.07) is 18.3. The minimum absolute atomic E-state index is 0.286. The average molecular weight is 486 g/mol. The van der Waals surface area contributed by atoms with Gasteiger partial charge < -0.3 is 25.2 Å². The molecule has 0 bridgehead atoms. The molecular weight excluding hydrogens is 461 g/mol. The van der Waals surface area contributed by atoms with Crippen molar-refractivity contribution in [2.45, 2.75) is 36.9 Å². The van der Waals surface area contributed by atoms with E-state index in [9.17, 15) is 24.8 Å². The Balaban J connectivity index is 1.53. The Morgan fingerprint density at radius 2 is 1.50 bits per heavy atom. The van der Waals surface area contributed by atoms with Crippen molar-refractivity contribution in [3.63, 3.8) is 0 Å². The molecule has 3 aromatic carbocycles. The highest BCUT2D eigenvalue weighted by molar-refractivity contribution is 6.31. The monoisotopic (exact) mass is 485 g/mol. The summed E-state index contributed by atoms with van der Waals surface area (Å²) in [4.78, 5) is 0. The first-order valence-corrected chi connectivity index (χ1v) is 11.2. The normalized spacial score (nSPS) is 24.7. The highest BCUT2D eigenvalue weighted by Crippen LogP contribution is 2.34. The van der Waals surface area contributed by atoms with Crippen molar-refractivity contribution >= 4 is 17.3 Å². The summed E-state index contributed by atoms with van der Waals surface area (Å²) >= 11 is 6.41. The first-order valence-electron chi connectivity index (χ1n) is 10.8. The number of aliphatic hydroxyl groups is 4. The van der Waals surface area contributed by atoms with Gasteiger partial charge in [-0.25, -0.2) is 4.39 Å². The number of ether oxygens (including phenoxy) is 1. The summed E-state index contributed by atoms with van der Waals surface area (Å²) in [7, 11) is 0. The predicted molar refractivity (Wildman–Crippen MR) is 126 cm³/mol. The van der Waals surface area contributed by atoms with Crippen molar-refractivity contribution in [2.24, 2.45) is 0 Å². The number of aliphatic hydroxyl groups excluding tert-OH is 4. The number of benzene rings is 3. The molecule has 0 spiro atoms. The maximum absolute atomic E-state index is 13.1. The molecule has 0 saturated carbocycles. The van der Waals surface area contributed by atoms with Crippen LogP contribution in [0.15, 0.2) is 66.7 Å². The third kappa shape index (κ3) is 5.05. The zero-order valence-electron chi connectivity index (χ0n) is 18.1. The molecule has 178 valence electrons. The lowest BCUT2D eigenvalue weighted by molar-refractivity contribution is -0.231. The lowest BCUT2D eigenvalue weighted by Crippen LogP contribution is -2.55. The largest absolute Gasteiger partial charge is 0.394 e. The van der Waals surface area contributed by atoms with Gasteiger partial charge in [0.1, 0.15) is 36.3 Å². The third-order valence-electron chi connectivity index (χ3n) is 6.06. The van der Waals surface area contributed by atoms with Crippen LogP contribution in [0.1, 0.15) is 33.9 Å². The average Bonchev–Trinajstić information content (AvgIpc) is 2.85. The molecule has 8 heteroatoms. The summed E-state index contributed by atoms with van der Waals surface area (Å²) < 4.78 is 18.8. The topological polar surface area (TPSA) is 114 Å². The molecule has 1 saturated heterocycles. The van der Waals surface area contributed by atoms with E-state index in [1.54, 1.807) is 30.3 Å². The Hall–Kier alpha value is -2.65. The van der Waals surface area contributed by atoms with Crippen LogP contribution in [-0.4, -0.2) is 57.2 Å². The van der Waals surface area contributed by atoms with Gasteiger partial charge in [0.05, 0.1) is 12.3 Å². The number of hydrogen-bond acceptors (Lipinski definition) is 6. The SMILES string of the molecule is N=C(c1ccc(F)cc1)c1ccc(Cc2cc([C@@H]3O[C@H](CO)[C@@H](O)[C@H](O)[C@H]3O)ccc2Cl)cc1. The molecule has 4 rings (SSSR count). The highest BCUT2D eigenvalue weighted by Gasteiger charge is 2.44. The van der Waals surface area contributed by atoms with E-state index >= 15 is 0 Å². The predicted octanol–water partition coefficient (Wildman–Crippen LogP) is 3.00. The molecule has 1 aliphatic rings. The molecule has 3 aromatic rings. The van der Waals surface area contributed by atoms with Crippen LogP contribution in [0.25, 0.3) is 0 Å². The second-order valence-corrected chi connectivity index (χ2v) is 8.76. The van der Waals surface area contributed by atoms with Crippen molar-refractivity contribution in [1.29, 1.82) is 5.41 Å². The fourth-order valence-corrected chi connectivity index (χ4v) is 4.26. The van der Waals surface area contributed by atoms with Crippen LogP contribution in [0.2, 0.25) is 5.02 Å². The lowest BCUT2D eigenvalue weighted by atomic mass is 9.90. The van der Waals surface area contributed by atoms with Gasteiger partial charge in [-0.2, -0.15) is 0 Å². The Kier molecular flexibility index (Phi) is 7.42. The van der Waals surface area contributed by atoms with Crippen molar-refractivity contribution in [3.05, 3.63) is 105 Å². The van der Waals surface area contributed by atoms with E-state index in [4.69, 9.17) is 21.7 Å². The smallest absolute Gasteiger partial charge is 0.123 e. The van der Waals surface area contributed by atoms with Gasteiger partial charge in [0.15, 0.2) is 0 Å². The van der Waals surface area contributed by atoms with E-state index in [2.05, 4.69) is 0 Å². The van der Waals surface area contributed by atoms with Crippen LogP contribution in [-0.2, 0) is 11.2 Å². The highest BCUT2D eigenvalue weighted by atomic mass is 35.5. The maximum Gasteiger partial charge on any atom is 0.123 e. The number of rotatable bonds is 6. The van der Waals surface area contributed by atoms with E-state index in [0.717, 1.165) is 11.1 Å². The van der Waals surface area contributed by atoms with Gasteiger partial charge in [-0.3, -0.25) is 5.41 Å². The fraction of sp³-hybridized carbons (Fsp3) is 0.269. The molecule has 0 aromatic heterocycles. The molecule has 0 radical (unpaired) electrons. The Bertz CT molecular complexity index is 1150. The van der Waals surface area contributed by atoms with Crippen LogP contribution in [0.4, 0.5) is 4.39 Å². The standard InChI is InChI=1S/C26H25ClFNO5/c27-20-10-7-17(26-25(33)24(32)23(31)21(13-30)34-26)12-18(20)11-14-1-3-15(4-2-14)22(29)16-5-8-19(28)9-6-16/h1-10,12,21,23-26,29-33H,11,13H2/t21-,23-,24+,25-,26+/m1/s1. The fourth-order valence-electron chi connectivity index (χ4n) is 4.08. The van der Waals surface area contributed by atoms with Crippen molar-refractivity contribution in [2.75, 3.05) is 6.61 Å². The molecular formula is C26H25ClFNO5. The van der Waals surface area contributed by atoms with Crippen molar-refractivity contribution < 1.29 is 29.6 Å². The van der Waals surface area contributed by atoms with Gasteiger partial charge in [0, 0.05) is 16.1 Å². The Morgan fingerprint density at radius 1 is 0.882 bits per heavy atom. The van der Waals surface area contributed by atoms with Gasteiger partial charge in [0.2, 0.25) is 0 Å². The van der Waals surface area contributed by atoms with Crippen molar-refractivity contribution in [1.82, 2.24) is 0 Å². The second-order valence-electron chi connectivity index (χ2n) is 8.36. The van der Waals surface area contributed by atoms with Crippen molar-refractivity contribution in [3.8, 4) is 0 Å². The number of nitrogens with one attached hydrogen (secondary N) is 1. The first-order chi connectivity index (χ1) is 16.3. The lowest BCUT2D eigenvalue weighted by Gasteiger charge is -2.40. The minimum atomic E-state index is -1.46. The van der Waals surface area contributed by atoms with E-state index in [0.29, 0.717) is 28.1 Å². The zero-order valence-corrected chi connectivity index (χ0v) is 18.9. The molecule has 0 unspecified atom stereocenters. The van der Waals surface area contributed by atoms with Gasteiger partial charge in [-0.1, -0.05) is 48.0 Å². The Labute approximate surface area is 201 Å². The number of hydrogen-bond donors (Lipinski definition) is 5. The van der Waals surface area contributed by atoms with Gasteiger partial charge >= 0.3 is 0 Å². The summed E-state index contributed by atoms with van der Waals surface area (Å²) in [6.45, 7) is -0.499. The molecule has 1 heterocycles. The summed E-state index contributed by atoms with van der Waals surface area (Å²) in [6.07, 6.45) is -5.72. The minimum Gasteiger partial charge on any atom is -0.394 e. The molecule has 5 N–H and O–H groups in total. The Morgan fingerprint density at radius 3 is 2.12 bits per heavy atom. The van der Waals surface area contributed by atoms with E-state index < -0.39 is 37.1 Å². The van der Waals surface area contributed by atoms with Crippen LogP contribution >= 0.6 is 11.6 Å². The second kappa shape index (κ2) is 10.3. The molecule has 1 aliphatic heterocycles. The molecule has 6 nitrogen and oxygen atoms in total. The molecule has 34 heavy (non-hydrogen) atoms. The summed E-state index contributed by atoms with van der Waals surface area (Å²) in [5, 5.41) is 48.8. The van der Waals surface area contributed by atoms with Crippen LogP contribution in [0, 0.1) is 11.2 Å². The maximum atomic E-state index is 13.1.